The van der Waals surface area contributed by atoms with Gasteiger partial charge in [-0.15, -0.1) is 0 Å². The van der Waals surface area contributed by atoms with Gasteiger partial charge in [-0.1, -0.05) is 30.3 Å². The van der Waals surface area contributed by atoms with E-state index in [1.165, 1.54) is 0 Å². The minimum Gasteiger partial charge on any atom is -0.494 e. The van der Waals surface area contributed by atoms with E-state index in [0.29, 0.717) is 26.0 Å². The topological polar surface area (TPSA) is 64.3 Å². The molecule has 1 amide bonds. The molecule has 0 heterocycles. The third kappa shape index (κ3) is 4.81. The second-order valence-corrected chi connectivity index (χ2v) is 5.06. The normalized spacial score (nSPS) is 10.2. The summed E-state index contributed by atoms with van der Waals surface area (Å²) < 4.78 is 5.45. The quantitative estimate of drug-likeness (QED) is 0.772. The number of amides is 1. The van der Waals surface area contributed by atoms with Crippen LogP contribution in [0.1, 0.15) is 24.5 Å². The van der Waals surface area contributed by atoms with Crippen molar-refractivity contribution in [3.05, 3.63) is 59.7 Å². The van der Waals surface area contributed by atoms with Crippen LogP contribution in [0.3, 0.4) is 0 Å². The summed E-state index contributed by atoms with van der Waals surface area (Å²) in [4.78, 5) is 11.9. The number of aryl methyl sites for hydroxylation is 1. The van der Waals surface area contributed by atoms with Crippen LogP contribution in [0.5, 0.6) is 5.75 Å². The minimum absolute atomic E-state index is 0.0186. The molecule has 0 radical (unpaired) electrons. The fraction of sp³-hybridized carbons (Fsp3) is 0.278. The molecule has 0 aliphatic heterocycles. The van der Waals surface area contributed by atoms with Gasteiger partial charge in [0.05, 0.1) is 6.61 Å². The highest BCUT2D eigenvalue weighted by atomic mass is 16.5. The molecule has 0 aromatic heterocycles. The van der Waals surface area contributed by atoms with Crippen molar-refractivity contribution in [2.75, 3.05) is 12.3 Å². The van der Waals surface area contributed by atoms with Gasteiger partial charge in [-0.05, 0) is 42.7 Å². The van der Waals surface area contributed by atoms with Crippen molar-refractivity contribution in [3.8, 4) is 5.75 Å². The molecule has 3 N–H and O–H groups in total. The Bertz CT molecular complexity index is 626. The molecule has 0 aliphatic carbocycles. The molecular weight excluding hydrogens is 276 g/mol. The minimum atomic E-state index is 0.0186. The molecule has 0 bridgehead atoms. The number of nitrogens with two attached hydrogens (primary N) is 1. The van der Waals surface area contributed by atoms with Crippen LogP contribution in [-0.4, -0.2) is 12.5 Å². The number of nitrogens with one attached hydrogen (secondary N) is 1. The first-order valence-corrected chi connectivity index (χ1v) is 7.51. The molecule has 0 unspecified atom stereocenters. The molecule has 0 saturated heterocycles. The monoisotopic (exact) mass is 298 g/mol. The number of carbonyl (C=O) groups is 1. The summed E-state index contributed by atoms with van der Waals surface area (Å²) in [6.07, 6.45) is 1.08. The van der Waals surface area contributed by atoms with Crippen molar-refractivity contribution in [2.24, 2.45) is 0 Å². The molecule has 4 heteroatoms. The van der Waals surface area contributed by atoms with Gasteiger partial charge in [0.1, 0.15) is 5.75 Å². The zero-order valence-corrected chi connectivity index (χ0v) is 12.8. The molecule has 2 aromatic rings. The maximum absolute atomic E-state index is 11.9. The van der Waals surface area contributed by atoms with Crippen molar-refractivity contribution in [3.63, 3.8) is 0 Å². The Morgan fingerprint density at radius 3 is 2.77 bits per heavy atom. The molecule has 22 heavy (non-hydrogen) atoms. The van der Waals surface area contributed by atoms with Crippen LogP contribution in [0.15, 0.2) is 48.5 Å². The van der Waals surface area contributed by atoms with Crippen LogP contribution in [0.4, 0.5) is 5.69 Å². The number of ether oxygens (including phenoxy) is 1. The highest BCUT2D eigenvalue weighted by Crippen LogP contribution is 2.14. The fourth-order valence-corrected chi connectivity index (χ4v) is 2.21. The summed E-state index contributed by atoms with van der Waals surface area (Å²) >= 11 is 0. The number of hydrogen-bond donors (Lipinski definition) is 2. The van der Waals surface area contributed by atoms with E-state index in [9.17, 15) is 4.79 Å². The molecule has 0 atom stereocenters. The van der Waals surface area contributed by atoms with Gasteiger partial charge in [0.15, 0.2) is 0 Å². The highest BCUT2D eigenvalue weighted by Gasteiger charge is 2.05. The molecule has 2 rings (SSSR count). The average molecular weight is 298 g/mol. The fourth-order valence-electron chi connectivity index (χ4n) is 2.21. The summed E-state index contributed by atoms with van der Waals surface area (Å²) in [6, 6.07) is 15.4. The number of rotatable bonds is 7. The summed E-state index contributed by atoms with van der Waals surface area (Å²) in [5, 5.41) is 2.92. The second kappa shape index (κ2) is 8.08. The van der Waals surface area contributed by atoms with Crippen LogP contribution in [0.25, 0.3) is 0 Å². The third-order valence-corrected chi connectivity index (χ3v) is 3.38. The molecule has 4 nitrogen and oxygen atoms in total. The maximum Gasteiger partial charge on any atom is 0.220 e. The van der Waals surface area contributed by atoms with Gasteiger partial charge in [-0.25, -0.2) is 0 Å². The molecule has 0 spiro atoms. The van der Waals surface area contributed by atoms with Crippen molar-refractivity contribution >= 4 is 11.6 Å². The SMILES string of the molecule is CCOc1cccc(CNC(=O)CCc2ccccc2N)c1. The van der Waals surface area contributed by atoms with E-state index < -0.39 is 0 Å². The van der Waals surface area contributed by atoms with Crippen LogP contribution in [-0.2, 0) is 17.8 Å². The number of hydrogen-bond acceptors (Lipinski definition) is 3. The van der Waals surface area contributed by atoms with E-state index in [2.05, 4.69) is 5.32 Å². The molecule has 116 valence electrons. The average Bonchev–Trinajstić information content (AvgIpc) is 2.53. The van der Waals surface area contributed by atoms with Gasteiger partial charge in [0.2, 0.25) is 5.91 Å². The van der Waals surface area contributed by atoms with E-state index in [4.69, 9.17) is 10.5 Å². The Kier molecular flexibility index (Phi) is 5.83. The molecule has 2 aromatic carbocycles. The Morgan fingerprint density at radius 2 is 2.00 bits per heavy atom. The maximum atomic E-state index is 11.9. The van der Waals surface area contributed by atoms with E-state index in [0.717, 1.165) is 22.6 Å². The second-order valence-electron chi connectivity index (χ2n) is 5.06. The Hall–Kier alpha value is -2.49. The first-order valence-electron chi connectivity index (χ1n) is 7.51. The van der Waals surface area contributed by atoms with Crippen LogP contribution in [0.2, 0.25) is 0 Å². The summed E-state index contributed by atoms with van der Waals surface area (Å²) in [5.41, 5.74) is 8.64. The third-order valence-electron chi connectivity index (χ3n) is 3.38. The Labute approximate surface area is 131 Å². The van der Waals surface area contributed by atoms with Gasteiger partial charge >= 0.3 is 0 Å². The van der Waals surface area contributed by atoms with Gasteiger partial charge in [-0.2, -0.15) is 0 Å². The predicted octanol–water partition coefficient (Wildman–Crippen LogP) is 2.92. The van der Waals surface area contributed by atoms with Crippen molar-refractivity contribution in [1.82, 2.24) is 5.32 Å². The lowest BCUT2D eigenvalue weighted by atomic mass is 10.1. The van der Waals surface area contributed by atoms with Gasteiger partial charge in [-0.3, -0.25) is 4.79 Å². The molecule has 0 aliphatic rings. The highest BCUT2D eigenvalue weighted by molar-refractivity contribution is 5.76. The largest absolute Gasteiger partial charge is 0.494 e. The summed E-state index contributed by atoms with van der Waals surface area (Å²) in [5.74, 6) is 0.844. The van der Waals surface area contributed by atoms with Gasteiger partial charge in [0.25, 0.3) is 0 Å². The lowest BCUT2D eigenvalue weighted by Crippen LogP contribution is -2.23. The Balaban J connectivity index is 1.80. The molecular formula is C18H22N2O2. The van der Waals surface area contributed by atoms with Crippen LogP contribution < -0.4 is 15.8 Å². The standard InChI is InChI=1S/C18H22N2O2/c1-2-22-16-8-5-6-14(12-16)13-20-18(21)11-10-15-7-3-4-9-17(15)19/h3-9,12H,2,10-11,13,19H2,1H3,(H,20,21). The smallest absolute Gasteiger partial charge is 0.220 e. The first kappa shape index (κ1) is 15.9. The van der Waals surface area contributed by atoms with Crippen molar-refractivity contribution in [2.45, 2.75) is 26.3 Å². The van der Waals surface area contributed by atoms with Crippen molar-refractivity contribution < 1.29 is 9.53 Å². The van der Waals surface area contributed by atoms with Gasteiger partial charge in [0, 0.05) is 18.7 Å². The van der Waals surface area contributed by atoms with E-state index in [1.807, 2.05) is 55.5 Å². The number of para-hydroxylation sites is 1. The lowest BCUT2D eigenvalue weighted by Gasteiger charge is -2.08. The van der Waals surface area contributed by atoms with Crippen molar-refractivity contribution in [1.29, 1.82) is 0 Å². The zero-order valence-electron chi connectivity index (χ0n) is 12.8. The Morgan fingerprint density at radius 1 is 1.18 bits per heavy atom. The zero-order chi connectivity index (χ0) is 15.8. The van der Waals surface area contributed by atoms with Crippen LogP contribution >= 0.6 is 0 Å². The summed E-state index contributed by atoms with van der Waals surface area (Å²) in [7, 11) is 0. The van der Waals surface area contributed by atoms with E-state index in [1.54, 1.807) is 0 Å². The lowest BCUT2D eigenvalue weighted by molar-refractivity contribution is -0.121. The number of carbonyl (C=O) groups excluding carboxylic acids is 1. The van der Waals surface area contributed by atoms with E-state index >= 15 is 0 Å². The number of anilines is 1. The number of nitrogen functional groups attached to an aromatic ring is 1. The summed E-state index contributed by atoms with van der Waals surface area (Å²) in [6.45, 7) is 3.09. The van der Waals surface area contributed by atoms with E-state index in [-0.39, 0.29) is 5.91 Å². The predicted molar refractivity (Wildman–Crippen MR) is 88.6 cm³/mol. The van der Waals surface area contributed by atoms with Crippen LogP contribution in [0, 0.1) is 0 Å². The first-order chi connectivity index (χ1) is 10.7. The van der Waals surface area contributed by atoms with Gasteiger partial charge < -0.3 is 15.8 Å². The molecule has 0 saturated carbocycles. The molecule has 0 fully saturated rings. The number of benzene rings is 2.